The minimum absolute atomic E-state index is 0.0161. The Labute approximate surface area is 150 Å². The van der Waals surface area contributed by atoms with Crippen molar-refractivity contribution in [3.63, 3.8) is 0 Å². The molecule has 1 aromatic carbocycles. The molecule has 1 aliphatic heterocycles. The molecule has 1 N–H and O–H groups in total. The van der Waals surface area contributed by atoms with Crippen molar-refractivity contribution in [2.45, 2.75) is 12.8 Å². The van der Waals surface area contributed by atoms with Gasteiger partial charge in [-0.1, -0.05) is 48.8 Å². The van der Waals surface area contributed by atoms with Crippen LogP contribution >= 0.6 is 24.0 Å². The summed E-state index contributed by atoms with van der Waals surface area (Å²) in [5.41, 5.74) is 0.868. The van der Waals surface area contributed by atoms with Gasteiger partial charge in [0.25, 0.3) is 5.91 Å². The number of carboxylic acid groups (broad SMARTS) is 1. The summed E-state index contributed by atoms with van der Waals surface area (Å²) in [5.74, 6) is -0.328. The van der Waals surface area contributed by atoms with Crippen LogP contribution in [0.25, 0.3) is 6.08 Å². The monoisotopic (exact) mass is 363 g/mol. The van der Waals surface area contributed by atoms with E-state index in [0.717, 1.165) is 11.3 Å². The first kappa shape index (κ1) is 18.2. The van der Waals surface area contributed by atoms with E-state index in [1.54, 1.807) is 12.2 Å². The van der Waals surface area contributed by atoms with Gasteiger partial charge in [-0.25, -0.2) is 0 Å². The normalized spacial score (nSPS) is 15.8. The van der Waals surface area contributed by atoms with Gasteiger partial charge in [0.15, 0.2) is 0 Å². The zero-order valence-corrected chi connectivity index (χ0v) is 14.6. The molecule has 0 saturated carbocycles. The van der Waals surface area contributed by atoms with Crippen molar-refractivity contribution in [3.8, 4) is 5.75 Å². The zero-order valence-electron chi connectivity index (χ0n) is 12.9. The number of hydrogen-bond donors (Lipinski definition) is 1. The molecular weight excluding hydrogens is 346 g/mol. The van der Waals surface area contributed by atoms with E-state index in [-0.39, 0.29) is 12.3 Å². The van der Waals surface area contributed by atoms with Crippen LogP contribution in [0.3, 0.4) is 0 Å². The topological polar surface area (TPSA) is 66.8 Å². The Hall–Kier alpha value is -2.12. The predicted octanol–water partition coefficient (Wildman–Crippen LogP) is 3.32. The minimum Gasteiger partial charge on any atom is -0.490 e. The molecule has 0 atom stereocenters. The Balaban J connectivity index is 2.02. The number of ether oxygens (including phenoxy) is 1. The van der Waals surface area contributed by atoms with E-state index >= 15 is 0 Å². The number of carboxylic acids is 1. The van der Waals surface area contributed by atoms with Gasteiger partial charge in [-0.2, -0.15) is 0 Å². The Bertz CT molecular complexity index is 682. The highest BCUT2D eigenvalue weighted by atomic mass is 32.2. The third kappa shape index (κ3) is 4.94. The molecule has 0 spiro atoms. The van der Waals surface area contributed by atoms with Crippen molar-refractivity contribution < 1.29 is 19.4 Å². The zero-order chi connectivity index (χ0) is 17.5. The van der Waals surface area contributed by atoms with Gasteiger partial charge in [-0.15, -0.1) is 0 Å². The summed E-state index contributed by atoms with van der Waals surface area (Å²) in [6, 6.07) is 7.36. The number of carbonyl (C=O) groups excluding carboxylic acids is 1. The lowest BCUT2D eigenvalue weighted by molar-refractivity contribution is -0.137. The number of carbonyl (C=O) groups is 2. The van der Waals surface area contributed by atoms with Crippen molar-refractivity contribution in [2.24, 2.45) is 0 Å². The summed E-state index contributed by atoms with van der Waals surface area (Å²) >= 11 is 6.44. The molecule has 7 heteroatoms. The molecule has 0 unspecified atom stereocenters. The molecule has 0 radical (unpaired) electrons. The van der Waals surface area contributed by atoms with E-state index in [1.165, 1.54) is 16.7 Å². The van der Waals surface area contributed by atoms with E-state index < -0.39 is 5.97 Å². The number of rotatable bonds is 8. The van der Waals surface area contributed by atoms with Crippen LogP contribution < -0.4 is 4.74 Å². The van der Waals surface area contributed by atoms with Crippen molar-refractivity contribution in [2.75, 3.05) is 13.2 Å². The minimum atomic E-state index is -0.880. The first-order chi connectivity index (χ1) is 11.5. The molecule has 0 aromatic heterocycles. The van der Waals surface area contributed by atoms with E-state index in [0.29, 0.717) is 28.8 Å². The summed E-state index contributed by atoms with van der Waals surface area (Å²) < 4.78 is 5.87. The van der Waals surface area contributed by atoms with Gasteiger partial charge in [-0.3, -0.25) is 14.5 Å². The molecule has 1 aromatic rings. The maximum absolute atomic E-state index is 12.4. The molecule has 0 bridgehead atoms. The van der Waals surface area contributed by atoms with Gasteiger partial charge in [0.1, 0.15) is 16.7 Å². The van der Waals surface area contributed by atoms with Gasteiger partial charge < -0.3 is 9.84 Å². The fourth-order valence-electron chi connectivity index (χ4n) is 2.05. The molecule has 2 rings (SSSR count). The van der Waals surface area contributed by atoms with Gasteiger partial charge >= 0.3 is 5.97 Å². The second kappa shape index (κ2) is 8.65. The molecule has 1 saturated heterocycles. The summed E-state index contributed by atoms with van der Waals surface area (Å²) in [5, 5.41) is 8.67. The van der Waals surface area contributed by atoms with Crippen LogP contribution in [0.5, 0.6) is 5.75 Å². The lowest BCUT2D eigenvalue weighted by Crippen LogP contribution is -2.29. The number of amides is 1. The van der Waals surface area contributed by atoms with Crippen LogP contribution in [0, 0.1) is 0 Å². The highest BCUT2D eigenvalue weighted by molar-refractivity contribution is 8.26. The fourth-order valence-corrected chi connectivity index (χ4v) is 3.36. The van der Waals surface area contributed by atoms with Crippen LogP contribution in [0.1, 0.15) is 18.4 Å². The largest absolute Gasteiger partial charge is 0.490 e. The SMILES string of the molecule is C=CCOc1ccc(C=C2SC(=S)N(CCCC(=O)O)C2=O)cc1. The number of thiocarbonyl (C=S) groups is 1. The molecule has 1 aliphatic rings. The Morgan fingerprint density at radius 1 is 1.38 bits per heavy atom. The Morgan fingerprint density at radius 3 is 2.71 bits per heavy atom. The highest BCUT2D eigenvalue weighted by Crippen LogP contribution is 2.32. The van der Waals surface area contributed by atoms with E-state index in [9.17, 15) is 9.59 Å². The van der Waals surface area contributed by atoms with E-state index in [1.807, 2.05) is 24.3 Å². The molecule has 126 valence electrons. The number of benzene rings is 1. The van der Waals surface area contributed by atoms with Crippen LogP contribution in [0.4, 0.5) is 0 Å². The maximum atomic E-state index is 12.4. The fraction of sp³-hybridized carbons (Fsp3) is 0.235. The van der Waals surface area contributed by atoms with Crippen molar-refractivity contribution in [1.29, 1.82) is 0 Å². The second-order valence-electron chi connectivity index (χ2n) is 5.00. The molecule has 1 heterocycles. The maximum Gasteiger partial charge on any atom is 0.303 e. The number of hydrogen-bond acceptors (Lipinski definition) is 5. The third-order valence-electron chi connectivity index (χ3n) is 3.19. The lowest BCUT2D eigenvalue weighted by atomic mass is 10.2. The van der Waals surface area contributed by atoms with Crippen LogP contribution in [0.2, 0.25) is 0 Å². The highest BCUT2D eigenvalue weighted by Gasteiger charge is 2.31. The second-order valence-corrected chi connectivity index (χ2v) is 6.68. The summed E-state index contributed by atoms with van der Waals surface area (Å²) in [6.07, 6.45) is 3.84. The molecule has 1 fully saturated rings. The van der Waals surface area contributed by atoms with Crippen molar-refractivity contribution >= 4 is 46.3 Å². The third-order valence-corrected chi connectivity index (χ3v) is 4.57. The molecule has 0 aliphatic carbocycles. The van der Waals surface area contributed by atoms with Gasteiger partial charge in [0.2, 0.25) is 0 Å². The molecule has 5 nitrogen and oxygen atoms in total. The van der Waals surface area contributed by atoms with Gasteiger partial charge in [0.05, 0.1) is 4.91 Å². The summed E-state index contributed by atoms with van der Waals surface area (Å²) in [6.45, 7) is 4.35. The average Bonchev–Trinajstić information content (AvgIpc) is 2.81. The number of aliphatic carboxylic acids is 1. The van der Waals surface area contributed by atoms with E-state index in [2.05, 4.69) is 6.58 Å². The molecule has 24 heavy (non-hydrogen) atoms. The van der Waals surface area contributed by atoms with Gasteiger partial charge in [-0.05, 0) is 30.2 Å². The molecular formula is C17H17NO4S2. The van der Waals surface area contributed by atoms with Crippen LogP contribution in [-0.2, 0) is 9.59 Å². The quantitative estimate of drug-likeness (QED) is 0.434. The van der Waals surface area contributed by atoms with Crippen molar-refractivity contribution in [1.82, 2.24) is 4.90 Å². The van der Waals surface area contributed by atoms with Crippen molar-refractivity contribution in [3.05, 3.63) is 47.4 Å². The Morgan fingerprint density at radius 2 is 2.08 bits per heavy atom. The first-order valence-electron chi connectivity index (χ1n) is 7.32. The first-order valence-corrected chi connectivity index (χ1v) is 8.54. The number of thioether (sulfide) groups is 1. The standard InChI is InChI=1S/C17H17NO4S2/c1-2-10-22-13-7-5-12(6-8-13)11-14-16(21)18(17(23)24-14)9-3-4-15(19)20/h2,5-8,11H,1,3-4,9-10H2,(H,19,20). The number of nitrogens with zero attached hydrogens (tertiary/aromatic N) is 1. The van der Waals surface area contributed by atoms with Crippen LogP contribution in [-0.4, -0.2) is 39.4 Å². The summed E-state index contributed by atoms with van der Waals surface area (Å²) in [4.78, 5) is 24.9. The predicted molar refractivity (Wildman–Crippen MR) is 98.9 cm³/mol. The van der Waals surface area contributed by atoms with Gasteiger partial charge in [0, 0.05) is 13.0 Å². The summed E-state index contributed by atoms with van der Waals surface area (Å²) in [7, 11) is 0. The Kier molecular flexibility index (Phi) is 6.57. The average molecular weight is 363 g/mol. The molecule has 1 amide bonds. The lowest BCUT2D eigenvalue weighted by Gasteiger charge is -2.13. The van der Waals surface area contributed by atoms with Crippen LogP contribution in [0.15, 0.2) is 41.8 Å². The van der Waals surface area contributed by atoms with E-state index in [4.69, 9.17) is 22.1 Å². The smallest absolute Gasteiger partial charge is 0.303 e.